The number of nitrogens with zero attached hydrogens (tertiary/aromatic N) is 4. The highest BCUT2D eigenvalue weighted by atomic mass is 35.5. The van der Waals surface area contributed by atoms with Gasteiger partial charge < -0.3 is 14.9 Å². The summed E-state index contributed by atoms with van der Waals surface area (Å²) >= 11 is 5.74. The number of likely N-dealkylation sites (tertiary alicyclic amines) is 1. The SMILES string of the molecule is CC(C)(C)C1N(C(=O)O)CC12CCN(c1ncnc(Cl)c1F)C2. The lowest BCUT2D eigenvalue weighted by atomic mass is 9.61. The third-order valence-corrected chi connectivity index (χ3v) is 5.12. The second-order valence-electron chi connectivity index (χ2n) is 7.52. The molecule has 2 aliphatic heterocycles. The molecule has 23 heavy (non-hydrogen) atoms. The first-order valence-electron chi connectivity index (χ1n) is 7.56. The molecule has 0 aromatic carbocycles. The van der Waals surface area contributed by atoms with Gasteiger partial charge in [0.15, 0.2) is 11.0 Å². The molecule has 3 heterocycles. The number of amides is 1. The Bertz CT molecular complexity index is 651. The van der Waals surface area contributed by atoms with Gasteiger partial charge in [-0.3, -0.25) is 0 Å². The lowest BCUT2D eigenvalue weighted by molar-refractivity contribution is -0.0946. The third kappa shape index (κ3) is 2.51. The first kappa shape index (κ1) is 16.2. The second kappa shape index (κ2) is 5.19. The van der Waals surface area contributed by atoms with E-state index in [1.165, 1.54) is 11.2 Å². The normalized spacial score (nSPS) is 27.4. The van der Waals surface area contributed by atoms with Crippen molar-refractivity contribution >= 4 is 23.5 Å². The van der Waals surface area contributed by atoms with E-state index in [1.807, 2.05) is 25.7 Å². The van der Waals surface area contributed by atoms with E-state index in [0.717, 1.165) is 6.42 Å². The van der Waals surface area contributed by atoms with Gasteiger partial charge in [0, 0.05) is 31.1 Å². The number of hydrogen-bond acceptors (Lipinski definition) is 4. The Balaban J connectivity index is 1.86. The third-order valence-electron chi connectivity index (χ3n) is 4.86. The molecule has 1 aromatic heterocycles. The predicted molar refractivity (Wildman–Crippen MR) is 84.2 cm³/mol. The maximum absolute atomic E-state index is 14.2. The highest BCUT2D eigenvalue weighted by Crippen LogP contribution is 2.52. The largest absolute Gasteiger partial charge is 0.465 e. The molecular weight excluding hydrogens is 323 g/mol. The van der Waals surface area contributed by atoms with Gasteiger partial charge in [0.1, 0.15) is 6.33 Å². The molecule has 0 radical (unpaired) electrons. The lowest BCUT2D eigenvalue weighted by Gasteiger charge is -2.59. The quantitative estimate of drug-likeness (QED) is 0.795. The van der Waals surface area contributed by atoms with Crippen LogP contribution in [0.25, 0.3) is 0 Å². The topological polar surface area (TPSA) is 69.6 Å². The zero-order valence-electron chi connectivity index (χ0n) is 13.4. The molecule has 2 aliphatic rings. The molecule has 2 saturated heterocycles. The summed E-state index contributed by atoms with van der Waals surface area (Å²) in [6.45, 7) is 7.80. The molecule has 8 heteroatoms. The van der Waals surface area contributed by atoms with Crippen LogP contribution in [0.3, 0.4) is 0 Å². The van der Waals surface area contributed by atoms with Crippen LogP contribution in [0.2, 0.25) is 5.15 Å². The van der Waals surface area contributed by atoms with E-state index < -0.39 is 11.9 Å². The van der Waals surface area contributed by atoms with Crippen LogP contribution in [-0.2, 0) is 0 Å². The Morgan fingerprint density at radius 1 is 1.43 bits per heavy atom. The molecule has 0 bridgehead atoms. The van der Waals surface area contributed by atoms with E-state index in [9.17, 15) is 14.3 Å². The molecular formula is C15H20ClFN4O2. The molecule has 2 atom stereocenters. The van der Waals surface area contributed by atoms with Crippen molar-refractivity contribution in [1.82, 2.24) is 14.9 Å². The minimum atomic E-state index is -0.898. The zero-order chi connectivity index (χ0) is 17.0. The monoisotopic (exact) mass is 342 g/mol. The summed E-state index contributed by atoms with van der Waals surface area (Å²) in [5.41, 5.74) is -0.352. The van der Waals surface area contributed by atoms with Crippen molar-refractivity contribution < 1.29 is 14.3 Å². The number of anilines is 1. The number of rotatable bonds is 1. The molecule has 1 aromatic rings. The van der Waals surface area contributed by atoms with E-state index in [1.54, 1.807) is 0 Å². The molecule has 1 spiro atoms. The summed E-state index contributed by atoms with van der Waals surface area (Å²) < 4.78 is 14.2. The summed E-state index contributed by atoms with van der Waals surface area (Å²) in [5, 5.41) is 9.20. The number of carboxylic acid groups (broad SMARTS) is 1. The summed E-state index contributed by atoms with van der Waals surface area (Å²) in [6, 6.07) is -0.0992. The molecule has 1 N–H and O–H groups in total. The maximum atomic E-state index is 14.2. The van der Waals surface area contributed by atoms with E-state index in [0.29, 0.717) is 19.6 Å². The van der Waals surface area contributed by atoms with E-state index in [4.69, 9.17) is 11.6 Å². The number of hydrogen-bond donors (Lipinski definition) is 1. The van der Waals surface area contributed by atoms with Gasteiger partial charge in [-0.1, -0.05) is 32.4 Å². The summed E-state index contributed by atoms with van der Waals surface area (Å²) in [5.74, 6) is -0.420. The molecule has 0 saturated carbocycles. The first-order valence-corrected chi connectivity index (χ1v) is 7.94. The van der Waals surface area contributed by atoms with Crippen LogP contribution in [0.5, 0.6) is 0 Å². The second-order valence-corrected chi connectivity index (χ2v) is 7.87. The van der Waals surface area contributed by atoms with Crippen LogP contribution in [-0.4, -0.2) is 51.7 Å². The molecule has 126 valence electrons. The van der Waals surface area contributed by atoms with Gasteiger partial charge in [0.2, 0.25) is 5.82 Å². The van der Waals surface area contributed by atoms with Gasteiger partial charge in [-0.2, -0.15) is 4.39 Å². The van der Waals surface area contributed by atoms with Crippen LogP contribution >= 0.6 is 11.6 Å². The van der Waals surface area contributed by atoms with Crippen LogP contribution in [0.15, 0.2) is 6.33 Å². The van der Waals surface area contributed by atoms with Crippen molar-refractivity contribution in [3.8, 4) is 0 Å². The minimum absolute atomic E-state index is 0.0992. The fourth-order valence-corrected chi connectivity index (χ4v) is 4.42. The van der Waals surface area contributed by atoms with Crippen molar-refractivity contribution in [3.63, 3.8) is 0 Å². The summed E-state index contributed by atoms with van der Waals surface area (Å²) in [4.78, 5) is 22.4. The Hall–Kier alpha value is -1.63. The van der Waals surface area contributed by atoms with Gasteiger partial charge in [-0.25, -0.2) is 14.8 Å². The summed E-state index contributed by atoms with van der Waals surface area (Å²) in [6.07, 6.45) is 1.15. The Kier molecular flexibility index (Phi) is 3.66. The van der Waals surface area contributed by atoms with Gasteiger partial charge in [0.25, 0.3) is 0 Å². The molecule has 2 fully saturated rings. The lowest BCUT2D eigenvalue weighted by Crippen LogP contribution is -2.71. The van der Waals surface area contributed by atoms with Crippen molar-refractivity contribution in [2.45, 2.75) is 33.2 Å². The smallest absolute Gasteiger partial charge is 0.407 e. The number of halogens is 2. The molecule has 6 nitrogen and oxygen atoms in total. The van der Waals surface area contributed by atoms with Crippen molar-refractivity contribution in [3.05, 3.63) is 17.3 Å². The average molecular weight is 343 g/mol. The van der Waals surface area contributed by atoms with Crippen molar-refractivity contribution in [1.29, 1.82) is 0 Å². The van der Waals surface area contributed by atoms with Crippen LogP contribution < -0.4 is 4.90 Å². The molecule has 0 aliphatic carbocycles. The van der Waals surface area contributed by atoms with Gasteiger partial charge >= 0.3 is 6.09 Å². The standard InChI is InChI=1S/C15H20ClFN4O2/c1-14(2,3)12-15(7-21(12)13(22)23)4-5-20(6-15)11-9(17)10(16)18-8-19-11/h8,12H,4-7H2,1-3H3,(H,22,23). The van der Waals surface area contributed by atoms with Gasteiger partial charge in [-0.05, 0) is 11.8 Å². The fourth-order valence-electron chi connectivity index (χ4n) is 4.29. The van der Waals surface area contributed by atoms with Crippen LogP contribution in [0.4, 0.5) is 15.0 Å². The van der Waals surface area contributed by atoms with Crippen LogP contribution in [0.1, 0.15) is 27.2 Å². The predicted octanol–water partition coefficient (Wildman–Crippen LogP) is 2.87. The van der Waals surface area contributed by atoms with E-state index in [-0.39, 0.29) is 27.8 Å². The number of carbonyl (C=O) groups is 1. The average Bonchev–Trinajstić information content (AvgIpc) is 2.84. The van der Waals surface area contributed by atoms with E-state index in [2.05, 4.69) is 9.97 Å². The number of aromatic nitrogens is 2. The molecule has 2 unspecified atom stereocenters. The fraction of sp³-hybridized carbons (Fsp3) is 0.667. The van der Waals surface area contributed by atoms with E-state index >= 15 is 0 Å². The van der Waals surface area contributed by atoms with Crippen molar-refractivity contribution in [2.24, 2.45) is 10.8 Å². The zero-order valence-corrected chi connectivity index (χ0v) is 14.1. The first-order chi connectivity index (χ1) is 10.7. The minimum Gasteiger partial charge on any atom is -0.465 e. The highest BCUT2D eigenvalue weighted by molar-refractivity contribution is 6.29. The Labute approximate surface area is 139 Å². The summed E-state index contributed by atoms with van der Waals surface area (Å²) in [7, 11) is 0. The highest BCUT2D eigenvalue weighted by Gasteiger charge is 2.61. The van der Waals surface area contributed by atoms with Gasteiger partial charge in [0.05, 0.1) is 0 Å². The Morgan fingerprint density at radius 2 is 2.13 bits per heavy atom. The van der Waals surface area contributed by atoms with Crippen LogP contribution in [0, 0.1) is 16.6 Å². The Morgan fingerprint density at radius 3 is 2.74 bits per heavy atom. The molecule has 1 amide bonds. The van der Waals surface area contributed by atoms with Gasteiger partial charge in [-0.15, -0.1) is 0 Å². The van der Waals surface area contributed by atoms with Crippen molar-refractivity contribution in [2.75, 3.05) is 24.5 Å². The molecule has 3 rings (SSSR count). The maximum Gasteiger partial charge on any atom is 0.407 e.